The van der Waals surface area contributed by atoms with Crippen LogP contribution < -0.4 is 5.32 Å². The number of hydrogen-bond donors (Lipinski definition) is 1. The van der Waals surface area contributed by atoms with Crippen LogP contribution in [0, 0.1) is 11.8 Å². The van der Waals surface area contributed by atoms with Crippen LogP contribution in [0.3, 0.4) is 0 Å². The van der Waals surface area contributed by atoms with Crippen molar-refractivity contribution >= 4 is 11.3 Å². The van der Waals surface area contributed by atoms with E-state index in [0.29, 0.717) is 0 Å². The first-order valence-electron chi connectivity index (χ1n) is 8.05. The molecule has 2 rings (SSSR count). The van der Waals surface area contributed by atoms with Crippen molar-refractivity contribution in [3.8, 4) is 0 Å². The maximum atomic E-state index is 3.82. The van der Waals surface area contributed by atoms with E-state index in [1.54, 1.807) is 4.88 Å². The number of nitrogens with one attached hydrogen (secondary N) is 1. The summed E-state index contributed by atoms with van der Waals surface area (Å²) in [6.45, 7) is 5.86. The van der Waals surface area contributed by atoms with Gasteiger partial charge in [0.15, 0.2) is 0 Å². The first kappa shape index (κ1) is 15.1. The molecule has 19 heavy (non-hydrogen) atoms. The van der Waals surface area contributed by atoms with Gasteiger partial charge in [-0.1, -0.05) is 32.8 Å². The van der Waals surface area contributed by atoms with Crippen molar-refractivity contribution in [3.05, 3.63) is 22.4 Å². The number of aryl methyl sites for hydroxylation is 1. The van der Waals surface area contributed by atoms with Crippen LogP contribution in [0.5, 0.6) is 0 Å². The highest BCUT2D eigenvalue weighted by Crippen LogP contribution is 2.32. The quantitative estimate of drug-likeness (QED) is 0.750. The Morgan fingerprint density at radius 1 is 1.32 bits per heavy atom. The zero-order valence-electron chi connectivity index (χ0n) is 12.5. The molecule has 1 unspecified atom stereocenters. The Kier molecular flexibility index (Phi) is 6.39. The minimum absolute atomic E-state index is 0.745. The first-order valence-corrected chi connectivity index (χ1v) is 8.93. The Labute approximate surface area is 122 Å². The minimum atomic E-state index is 0.745. The molecule has 1 aliphatic carbocycles. The molecule has 1 aliphatic rings. The molecule has 1 nitrogen and oxygen atoms in total. The monoisotopic (exact) mass is 279 g/mol. The van der Waals surface area contributed by atoms with Gasteiger partial charge in [-0.2, -0.15) is 0 Å². The summed E-state index contributed by atoms with van der Waals surface area (Å²) in [7, 11) is 0. The average molecular weight is 279 g/mol. The Balaban J connectivity index is 1.83. The number of thiophene rings is 1. The van der Waals surface area contributed by atoms with Gasteiger partial charge in [-0.3, -0.25) is 0 Å². The topological polar surface area (TPSA) is 12.0 Å². The van der Waals surface area contributed by atoms with E-state index in [4.69, 9.17) is 0 Å². The molecule has 1 saturated carbocycles. The van der Waals surface area contributed by atoms with Crippen LogP contribution in [-0.2, 0) is 6.42 Å². The van der Waals surface area contributed by atoms with E-state index in [0.717, 1.165) is 17.9 Å². The Hall–Kier alpha value is -0.340. The molecule has 0 spiro atoms. The summed E-state index contributed by atoms with van der Waals surface area (Å²) < 4.78 is 0. The van der Waals surface area contributed by atoms with Crippen molar-refractivity contribution in [2.24, 2.45) is 11.8 Å². The number of rotatable bonds is 7. The van der Waals surface area contributed by atoms with Crippen molar-refractivity contribution in [2.75, 3.05) is 6.54 Å². The maximum absolute atomic E-state index is 3.82. The summed E-state index contributed by atoms with van der Waals surface area (Å²) in [5.74, 6) is 1.88. The molecule has 0 radical (unpaired) electrons. The molecule has 1 N–H and O–H groups in total. The standard InChI is InChI=1S/C17H29NS/c1-3-12-18-17(11-10-16-5-4-13-19-16)15-8-6-14(2)7-9-15/h4-5,13-15,17-18H,3,6-12H2,1-2H3. The van der Waals surface area contributed by atoms with Crippen molar-refractivity contribution < 1.29 is 0 Å². The fraction of sp³-hybridized carbons (Fsp3) is 0.765. The van der Waals surface area contributed by atoms with Gasteiger partial charge in [0, 0.05) is 10.9 Å². The van der Waals surface area contributed by atoms with Gasteiger partial charge in [0.2, 0.25) is 0 Å². The summed E-state index contributed by atoms with van der Waals surface area (Å²) in [5, 5.41) is 6.02. The van der Waals surface area contributed by atoms with E-state index in [-0.39, 0.29) is 0 Å². The molecule has 1 aromatic heterocycles. The summed E-state index contributed by atoms with van der Waals surface area (Å²) >= 11 is 1.91. The third-order valence-electron chi connectivity index (χ3n) is 4.57. The Bertz CT molecular complexity index is 325. The summed E-state index contributed by atoms with van der Waals surface area (Å²) in [6.07, 6.45) is 9.57. The van der Waals surface area contributed by atoms with Gasteiger partial charge in [0.25, 0.3) is 0 Å². The van der Waals surface area contributed by atoms with Gasteiger partial charge >= 0.3 is 0 Å². The molecule has 0 amide bonds. The highest BCUT2D eigenvalue weighted by molar-refractivity contribution is 7.09. The normalized spacial score (nSPS) is 25.4. The van der Waals surface area contributed by atoms with Crippen LogP contribution in [-0.4, -0.2) is 12.6 Å². The summed E-state index contributed by atoms with van der Waals surface area (Å²) in [6, 6.07) is 5.20. The molecule has 1 heterocycles. The van der Waals surface area contributed by atoms with Crippen LogP contribution in [0.15, 0.2) is 17.5 Å². The van der Waals surface area contributed by atoms with Crippen LogP contribution >= 0.6 is 11.3 Å². The van der Waals surface area contributed by atoms with E-state index in [1.807, 2.05) is 11.3 Å². The van der Waals surface area contributed by atoms with Gasteiger partial charge in [-0.25, -0.2) is 0 Å². The zero-order chi connectivity index (χ0) is 13.5. The lowest BCUT2D eigenvalue weighted by atomic mass is 9.78. The van der Waals surface area contributed by atoms with Gasteiger partial charge in [-0.15, -0.1) is 11.3 Å². The lowest BCUT2D eigenvalue weighted by molar-refractivity contribution is 0.223. The van der Waals surface area contributed by atoms with Crippen LogP contribution in [0.1, 0.15) is 57.2 Å². The molecular formula is C17H29NS. The summed E-state index contributed by atoms with van der Waals surface area (Å²) in [4.78, 5) is 1.55. The van der Waals surface area contributed by atoms with Crippen LogP contribution in [0.4, 0.5) is 0 Å². The van der Waals surface area contributed by atoms with E-state index in [9.17, 15) is 0 Å². The van der Waals surface area contributed by atoms with E-state index in [2.05, 4.69) is 36.7 Å². The summed E-state index contributed by atoms with van der Waals surface area (Å²) in [5.41, 5.74) is 0. The second kappa shape index (κ2) is 8.06. The predicted octanol–water partition coefficient (Wildman–Crippen LogP) is 4.88. The molecular weight excluding hydrogens is 250 g/mol. The Morgan fingerprint density at radius 2 is 2.11 bits per heavy atom. The van der Waals surface area contributed by atoms with Crippen molar-refractivity contribution in [1.29, 1.82) is 0 Å². The zero-order valence-corrected chi connectivity index (χ0v) is 13.3. The van der Waals surface area contributed by atoms with E-state index >= 15 is 0 Å². The second-order valence-electron chi connectivity index (χ2n) is 6.20. The highest BCUT2D eigenvalue weighted by Gasteiger charge is 2.25. The molecule has 0 aliphatic heterocycles. The molecule has 0 aromatic carbocycles. The van der Waals surface area contributed by atoms with E-state index < -0.39 is 0 Å². The van der Waals surface area contributed by atoms with Gasteiger partial charge in [0.05, 0.1) is 0 Å². The van der Waals surface area contributed by atoms with Crippen molar-refractivity contribution in [2.45, 2.75) is 64.8 Å². The van der Waals surface area contributed by atoms with Crippen LogP contribution in [0.2, 0.25) is 0 Å². The van der Waals surface area contributed by atoms with Crippen molar-refractivity contribution in [3.63, 3.8) is 0 Å². The SMILES string of the molecule is CCCNC(CCc1cccs1)C1CCC(C)CC1. The Morgan fingerprint density at radius 3 is 2.74 bits per heavy atom. The number of hydrogen-bond acceptors (Lipinski definition) is 2. The maximum Gasteiger partial charge on any atom is 0.00987 e. The largest absolute Gasteiger partial charge is 0.314 e. The molecule has 1 aromatic rings. The lowest BCUT2D eigenvalue weighted by Gasteiger charge is -2.33. The molecule has 1 fully saturated rings. The van der Waals surface area contributed by atoms with Crippen molar-refractivity contribution in [1.82, 2.24) is 5.32 Å². The molecule has 0 bridgehead atoms. The minimum Gasteiger partial charge on any atom is -0.314 e. The third kappa shape index (κ3) is 4.92. The van der Waals surface area contributed by atoms with E-state index in [1.165, 1.54) is 51.5 Å². The molecule has 108 valence electrons. The highest BCUT2D eigenvalue weighted by atomic mass is 32.1. The van der Waals surface area contributed by atoms with Crippen LogP contribution in [0.25, 0.3) is 0 Å². The molecule has 0 saturated heterocycles. The lowest BCUT2D eigenvalue weighted by Crippen LogP contribution is -2.38. The fourth-order valence-electron chi connectivity index (χ4n) is 3.27. The average Bonchev–Trinajstić information content (AvgIpc) is 2.93. The molecule has 1 atom stereocenters. The fourth-order valence-corrected chi connectivity index (χ4v) is 4.00. The second-order valence-corrected chi connectivity index (χ2v) is 7.23. The smallest absolute Gasteiger partial charge is 0.00987 e. The van der Waals surface area contributed by atoms with Gasteiger partial charge < -0.3 is 5.32 Å². The van der Waals surface area contributed by atoms with Gasteiger partial charge in [-0.05, 0) is 61.9 Å². The third-order valence-corrected chi connectivity index (χ3v) is 5.50. The first-order chi connectivity index (χ1) is 9.29. The molecule has 2 heteroatoms. The van der Waals surface area contributed by atoms with Gasteiger partial charge in [0.1, 0.15) is 0 Å². The predicted molar refractivity (Wildman–Crippen MR) is 85.8 cm³/mol.